The van der Waals surface area contributed by atoms with E-state index in [9.17, 15) is 0 Å². The van der Waals surface area contributed by atoms with E-state index in [-0.39, 0.29) is 0 Å². The predicted molar refractivity (Wildman–Crippen MR) is 202 cm³/mol. The third-order valence-electron chi connectivity index (χ3n) is 9.24. The summed E-state index contributed by atoms with van der Waals surface area (Å²) in [6, 6.07) is 59.7. The summed E-state index contributed by atoms with van der Waals surface area (Å²) in [7, 11) is 0. The minimum absolute atomic E-state index is 0.596. The summed E-state index contributed by atoms with van der Waals surface area (Å²) >= 11 is 0. The maximum atomic E-state index is 6.53. The van der Waals surface area contributed by atoms with Gasteiger partial charge in [-0.1, -0.05) is 140 Å². The van der Waals surface area contributed by atoms with Crippen molar-refractivity contribution in [2.75, 3.05) is 0 Å². The minimum Gasteiger partial charge on any atom is -0.436 e. The fourth-order valence-corrected chi connectivity index (χ4v) is 6.67. The highest BCUT2D eigenvalue weighted by Crippen LogP contribution is 2.38. The molecule has 49 heavy (non-hydrogen) atoms. The van der Waals surface area contributed by atoms with Crippen LogP contribution < -0.4 is 0 Å². The molecule has 0 amide bonds. The van der Waals surface area contributed by atoms with E-state index in [2.05, 4.69) is 163 Å². The summed E-state index contributed by atoms with van der Waals surface area (Å²) < 4.78 is 6.53. The number of benzene rings is 7. The molecule has 3 heteroatoms. The van der Waals surface area contributed by atoms with Gasteiger partial charge in [0, 0.05) is 23.5 Å². The van der Waals surface area contributed by atoms with Gasteiger partial charge in [-0.15, -0.1) is 0 Å². The highest BCUT2D eigenvalue weighted by atomic mass is 16.3. The summed E-state index contributed by atoms with van der Waals surface area (Å²) in [6.45, 7) is 0. The SMILES string of the molecule is c1ccc(-c2ccc(-c3cc(-c4ccc(-c5cccc6ccccc56)cc4)cc4oc(-c5ccc(-c6cccnc6)cc5)nc34)cc2)cc1. The van der Waals surface area contributed by atoms with Crippen LogP contribution in [0.25, 0.3) is 89.0 Å². The van der Waals surface area contributed by atoms with Gasteiger partial charge in [-0.05, 0) is 91.2 Å². The van der Waals surface area contributed by atoms with Crippen LogP contribution in [0.4, 0.5) is 0 Å². The van der Waals surface area contributed by atoms with Crippen LogP contribution in [0.1, 0.15) is 0 Å². The van der Waals surface area contributed by atoms with E-state index in [1.807, 2.05) is 18.3 Å². The zero-order valence-corrected chi connectivity index (χ0v) is 26.6. The first kappa shape index (κ1) is 28.6. The molecule has 230 valence electrons. The molecular formula is C46H30N2O. The molecule has 0 spiro atoms. The quantitative estimate of drug-likeness (QED) is 0.184. The van der Waals surface area contributed by atoms with Gasteiger partial charge in [0.25, 0.3) is 0 Å². The molecule has 0 saturated carbocycles. The molecule has 0 saturated heterocycles. The standard InChI is InChI=1S/C46H30N2O/c1-2-8-31(9-3-1)32-15-23-37(24-16-32)43-28-40(34-17-21-36(22-18-34)42-14-6-11-35-10-4-5-13-41(35)42)29-44-45(43)48-46(49-44)38-25-19-33(20-26-38)39-12-7-27-47-30-39/h1-30H. The Kier molecular flexibility index (Phi) is 7.14. The Morgan fingerprint density at radius 3 is 1.69 bits per heavy atom. The second-order valence-corrected chi connectivity index (χ2v) is 12.3. The molecule has 3 nitrogen and oxygen atoms in total. The number of nitrogens with zero attached hydrogens (tertiary/aromatic N) is 2. The second-order valence-electron chi connectivity index (χ2n) is 12.3. The third kappa shape index (κ3) is 5.48. The molecule has 0 aliphatic carbocycles. The fourth-order valence-electron chi connectivity index (χ4n) is 6.67. The normalized spacial score (nSPS) is 11.3. The van der Waals surface area contributed by atoms with Crippen molar-refractivity contribution in [3.63, 3.8) is 0 Å². The van der Waals surface area contributed by atoms with Crippen LogP contribution in [-0.4, -0.2) is 9.97 Å². The number of aromatic nitrogens is 2. The first-order valence-corrected chi connectivity index (χ1v) is 16.5. The van der Waals surface area contributed by atoms with Gasteiger partial charge in [-0.3, -0.25) is 4.98 Å². The molecule has 9 rings (SSSR count). The van der Waals surface area contributed by atoms with Crippen molar-refractivity contribution in [2.24, 2.45) is 0 Å². The smallest absolute Gasteiger partial charge is 0.227 e. The lowest BCUT2D eigenvalue weighted by molar-refractivity contribution is 0.620. The first-order chi connectivity index (χ1) is 24.3. The number of fused-ring (bicyclic) bond motifs is 2. The van der Waals surface area contributed by atoms with Crippen LogP contribution in [0.3, 0.4) is 0 Å². The van der Waals surface area contributed by atoms with Crippen LogP contribution in [-0.2, 0) is 0 Å². The molecule has 2 aromatic heterocycles. The van der Waals surface area contributed by atoms with E-state index in [1.54, 1.807) is 6.20 Å². The van der Waals surface area contributed by atoms with Crippen molar-refractivity contribution in [3.05, 3.63) is 182 Å². The molecule has 0 atom stereocenters. The zero-order chi connectivity index (χ0) is 32.6. The molecule has 7 aromatic carbocycles. The van der Waals surface area contributed by atoms with Crippen LogP contribution in [0.5, 0.6) is 0 Å². The maximum absolute atomic E-state index is 6.53. The van der Waals surface area contributed by atoms with Gasteiger partial charge in [-0.2, -0.15) is 0 Å². The van der Waals surface area contributed by atoms with Gasteiger partial charge in [0.1, 0.15) is 5.52 Å². The van der Waals surface area contributed by atoms with Crippen LogP contribution in [0.15, 0.2) is 187 Å². The molecule has 0 radical (unpaired) electrons. The number of rotatable bonds is 6. The van der Waals surface area contributed by atoms with Gasteiger partial charge < -0.3 is 4.42 Å². The van der Waals surface area contributed by atoms with E-state index in [4.69, 9.17) is 9.40 Å². The molecule has 0 aliphatic rings. The number of oxazole rings is 1. The van der Waals surface area contributed by atoms with Crippen molar-refractivity contribution in [2.45, 2.75) is 0 Å². The van der Waals surface area contributed by atoms with Gasteiger partial charge >= 0.3 is 0 Å². The summed E-state index contributed by atoms with van der Waals surface area (Å²) in [5, 5.41) is 2.49. The molecule has 0 unspecified atom stereocenters. The molecule has 2 heterocycles. The van der Waals surface area contributed by atoms with E-state index in [0.717, 1.165) is 50.0 Å². The van der Waals surface area contributed by atoms with Crippen molar-refractivity contribution < 1.29 is 4.42 Å². The third-order valence-corrected chi connectivity index (χ3v) is 9.24. The summed E-state index contributed by atoms with van der Waals surface area (Å²) in [6.07, 6.45) is 3.66. The highest BCUT2D eigenvalue weighted by Gasteiger charge is 2.17. The Morgan fingerprint density at radius 1 is 0.388 bits per heavy atom. The zero-order valence-electron chi connectivity index (χ0n) is 26.6. The van der Waals surface area contributed by atoms with Crippen LogP contribution >= 0.6 is 0 Å². The van der Waals surface area contributed by atoms with Crippen molar-refractivity contribution in [1.29, 1.82) is 0 Å². The fraction of sp³-hybridized carbons (Fsp3) is 0. The lowest BCUT2D eigenvalue weighted by atomic mass is 9.94. The van der Waals surface area contributed by atoms with Gasteiger partial charge in [0.2, 0.25) is 5.89 Å². The van der Waals surface area contributed by atoms with Gasteiger partial charge in [0.15, 0.2) is 5.58 Å². The lowest BCUT2D eigenvalue weighted by Gasteiger charge is -2.10. The van der Waals surface area contributed by atoms with Crippen LogP contribution in [0.2, 0.25) is 0 Å². The van der Waals surface area contributed by atoms with Crippen molar-refractivity contribution in [1.82, 2.24) is 9.97 Å². The Labute approximate surface area is 284 Å². The van der Waals surface area contributed by atoms with Crippen molar-refractivity contribution in [3.8, 4) is 67.1 Å². The van der Waals surface area contributed by atoms with E-state index in [1.165, 1.54) is 33.0 Å². The van der Waals surface area contributed by atoms with E-state index >= 15 is 0 Å². The molecule has 9 aromatic rings. The molecule has 0 fully saturated rings. The first-order valence-electron chi connectivity index (χ1n) is 16.5. The summed E-state index contributed by atoms with van der Waals surface area (Å²) in [5.74, 6) is 0.596. The Morgan fingerprint density at radius 2 is 0.959 bits per heavy atom. The number of hydrogen-bond donors (Lipinski definition) is 0. The Bertz CT molecular complexity index is 2550. The molecular weight excluding hydrogens is 597 g/mol. The van der Waals surface area contributed by atoms with Crippen LogP contribution in [0, 0.1) is 0 Å². The van der Waals surface area contributed by atoms with E-state index in [0.29, 0.717) is 5.89 Å². The Hall–Kier alpha value is -6.58. The van der Waals surface area contributed by atoms with Crippen molar-refractivity contribution >= 4 is 21.9 Å². The average Bonchev–Trinajstić information content (AvgIpc) is 3.63. The molecule has 0 N–H and O–H groups in total. The Balaban J connectivity index is 1.14. The largest absolute Gasteiger partial charge is 0.436 e. The predicted octanol–water partition coefficient (Wildman–Crippen LogP) is 12.4. The number of hydrogen-bond acceptors (Lipinski definition) is 3. The monoisotopic (exact) mass is 626 g/mol. The number of pyridine rings is 1. The second kappa shape index (κ2) is 12.2. The van der Waals surface area contributed by atoms with Gasteiger partial charge in [0.05, 0.1) is 0 Å². The molecule has 0 aliphatic heterocycles. The average molecular weight is 627 g/mol. The van der Waals surface area contributed by atoms with E-state index < -0.39 is 0 Å². The highest BCUT2D eigenvalue weighted by molar-refractivity contribution is 5.98. The maximum Gasteiger partial charge on any atom is 0.227 e. The lowest BCUT2D eigenvalue weighted by Crippen LogP contribution is -1.87. The topological polar surface area (TPSA) is 38.9 Å². The van der Waals surface area contributed by atoms with Gasteiger partial charge in [-0.25, -0.2) is 4.98 Å². The molecule has 0 bridgehead atoms. The summed E-state index contributed by atoms with van der Waals surface area (Å²) in [5.41, 5.74) is 13.8. The minimum atomic E-state index is 0.596. The summed E-state index contributed by atoms with van der Waals surface area (Å²) in [4.78, 5) is 9.35.